The third-order valence-electron chi connectivity index (χ3n) is 3.71. The van der Waals surface area contributed by atoms with Gasteiger partial charge in [-0.1, -0.05) is 30.3 Å². The Morgan fingerprint density at radius 1 is 1.08 bits per heavy atom. The summed E-state index contributed by atoms with van der Waals surface area (Å²) in [5, 5.41) is 11.9. The number of ether oxygens (including phenoxy) is 1. The summed E-state index contributed by atoms with van der Waals surface area (Å²) in [5.41, 5.74) is 1.75. The van der Waals surface area contributed by atoms with Crippen LogP contribution in [-0.4, -0.2) is 18.2 Å². The van der Waals surface area contributed by atoms with Gasteiger partial charge in [-0.3, -0.25) is 15.5 Å². The highest BCUT2D eigenvalue weighted by Gasteiger charge is 2.20. The molecular weight excluding hydrogens is 336 g/mol. The number of benzene rings is 2. The second-order valence-corrected chi connectivity index (χ2v) is 5.35. The lowest BCUT2D eigenvalue weighted by Crippen LogP contribution is -2.23. The Morgan fingerprint density at radius 3 is 2.38 bits per heavy atom. The van der Waals surface area contributed by atoms with Gasteiger partial charge >= 0.3 is 5.63 Å². The number of methoxy groups -OCH3 is 1. The van der Waals surface area contributed by atoms with E-state index in [0.29, 0.717) is 17.0 Å². The van der Waals surface area contributed by atoms with E-state index in [2.05, 4.69) is 5.32 Å². The van der Waals surface area contributed by atoms with Crippen LogP contribution in [0.1, 0.15) is 10.4 Å². The number of amides is 1. The van der Waals surface area contributed by atoms with E-state index < -0.39 is 11.5 Å². The molecule has 0 atom stereocenters. The first-order valence-corrected chi connectivity index (χ1v) is 7.71. The zero-order valence-corrected chi connectivity index (χ0v) is 13.9. The molecule has 7 nitrogen and oxygen atoms in total. The Morgan fingerprint density at radius 2 is 1.77 bits per heavy atom. The number of nitrogens with one attached hydrogen (secondary N) is 2. The average Bonchev–Trinajstić information content (AvgIpc) is 2.68. The number of carbonyl (C=O) groups excluding carboxylic acids is 1. The molecule has 132 valence electrons. The zero-order chi connectivity index (χ0) is 18.5. The quantitative estimate of drug-likeness (QED) is 0.609. The van der Waals surface area contributed by atoms with Gasteiger partial charge in [-0.25, -0.2) is 4.79 Å². The van der Waals surface area contributed by atoms with Gasteiger partial charge in [-0.2, -0.15) is 0 Å². The van der Waals surface area contributed by atoms with Crippen LogP contribution in [0.4, 0.5) is 11.4 Å². The van der Waals surface area contributed by atoms with Crippen LogP contribution in [0.15, 0.2) is 69.9 Å². The molecule has 0 saturated carbocycles. The lowest BCUT2D eigenvalue weighted by molar-refractivity contribution is 0.102. The maximum atomic E-state index is 12.5. The molecule has 3 N–H and O–H groups in total. The van der Waals surface area contributed by atoms with Crippen molar-refractivity contribution in [2.75, 3.05) is 17.9 Å². The minimum atomic E-state index is -0.867. The summed E-state index contributed by atoms with van der Waals surface area (Å²) in [4.78, 5) is 24.8. The predicted molar refractivity (Wildman–Crippen MR) is 96.8 cm³/mol. The van der Waals surface area contributed by atoms with Crippen LogP contribution >= 0.6 is 0 Å². The smallest absolute Gasteiger partial charge is 0.351 e. The molecule has 0 spiro atoms. The van der Waals surface area contributed by atoms with E-state index in [4.69, 9.17) is 9.15 Å². The van der Waals surface area contributed by atoms with Gasteiger partial charge in [0.25, 0.3) is 5.91 Å². The number of hydrogen-bond donors (Lipinski definition) is 3. The van der Waals surface area contributed by atoms with E-state index in [-0.39, 0.29) is 17.0 Å². The summed E-state index contributed by atoms with van der Waals surface area (Å²) in [5.74, 6) is 0.153. The van der Waals surface area contributed by atoms with Gasteiger partial charge in [0.15, 0.2) is 5.56 Å². The molecule has 0 aliphatic carbocycles. The fourth-order valence-electron chi connectivity index (χ4n) is 2.41. The molecule has 1 amide bonds. The molecule has 0 fully saturated rings. The summed E-state index contributed by atoms with van der Waals surface area (Å²) < 4.78 is 10.3. The zero-order valence-electron chi connectivity index (χ0n) is 13.9. The van der Waals surface area contributed by atoms with Crippen molar-refractivity contribution in [3.63, 3.8) is 0 Å². The van der Waals surface area contributed by atoms with Crippen LogP contribution in [0.25, 0.3) is 11.3 Å². The number of hydrogen-bond acceptors (Lipinski definition) is 6. The predicted octanol–water partition coefficient (Wildman–Crippen LogP) is 3.37. The molecule has 0 saturated heterocycles. The van der Waals surface area contributed by atoms with Crippen LogP contribution < -0.4 is 21.2 Å². The summed E-state index contributed by atoms with van der Waals surface area (Å²) in [7, 11) is 1.53. The molecule has 0 aliphatic heterocycles. The van der Waals surface area contributed by atoms with Gasteiger partial charge in [0.1, 0.15) is 11.5 Å². The normalized spacial score (nSPS) is 10.2. The SMILES string of the molecule is COc1ccc(NC(=O)c2c(NO)cc(-c3ccccc3)oc2=O)cc1. The Balaban J connectivity index is 1.93. The van der Waals surface area contributed by atoms with Crippen molar-refractivity contribution in [3.8, 4) is 17.1 Å². The van der Waals surface area contributed by atoms with Crippen molar-refractivity contribution in [2.45, 2.75) is 0 Å². The van der Waals surface area contributed by atoms with Gasteiger partial charge in [0.2, 0.25) is 0 Å². The minimum absolute atomic E-state index is 0.0499. The fraction of sp³-hybridized carbons (Fsp3) is 0.0526. The Kier molecular flexibility index (Phi) is 5.00. The monoisotopic (exact) mass is 352 g/mol. The van der Waals surface area contributed by atoms with Crippen molar-refractivity contribution in [1.82, 2.24) is 0 Å². The van der Waals surface area contributed by atoms with Crippen molar-refractivity contribution in [1.29, 1.82) is 0 Å². The molecule has 26 heavy (non-hydrogen) atoms. The molecule has 3 aromatic rings. The summed E-state index contributed by atoms with van der Waals surface area (Å²) >= 11 is 0. The summed E-state index contributed by atoms with van der Waals surface area (Å²) in [6.07, 6.45) is 0. The van der Waals surface area contributed by atoms with Crippen LogP contribution in [0.3, 0.4) is 0 Å². The van der Waals surface area contributed by atoms with Crippen molar-refractivity contribution in [2.24, 2.45) is 0 Å². The highest BCUT2D eigenvalue weighted by molar-refractivity contribution is 6.07. The minimum Gasteiger partial charge on any atom is -0.497 e. The van der Waals surface area contributed by atoms with E-state index in [1.807, 2.05) is 11.5 Å². The lowest BCUT2D eigenvalue weighted by Gasteiger charge is -2.10. The second kappa shape index (κ2) is 7.54. The van der Waals surface area contributed by atoms with E-state index in [0.717, 1.165) is 0 Å². The molecule has 0 aliphatic rings. The van der Waals surface area contributed by atoms with Gasteiger partial charge in [0.05, 0.1) is 12.8 Å². The van der Waals surface area contributed by atoms with Gasteiger partial charge in [-0.15, -0.1) is 0 Å². The van der Waals surface area contributed by atoms with Gasteiger partial charge in [-0.05, 0) is 24.3 Å². The molecule has 0 bridgehead atoms. The molecule has 0 unspecified atom stereocenters. The van der Waals surface area contributed by atoms with Crippen LogP contribution in [0, 0.1) is 0 Å². The lowest BCUT2D eigenvalue weighted by atomic mass is 10.1. The van der Waals surface area contributed by atoms with Crippen LogP contribution in [0.2, 0.25) is 0 Å². The third-order valence-corrected chi connectivity index (χ3v) is 3.71. The third kappa shape index (κ3) is 3.57. The summed E-state index contributed by atoms with van der Waals surface area (Å²) in [6.45, 7) is 0. The van der Waals surface area contributed by atoms with Crippen molar-refractivity contribution >= 4 is 17.3 Å². The standard InChI is InChI=1S/C19H16N2O5/c1-25-14-9-7-13(8-10-14)20-18(22)17-15(21-24)11-16(26-19(17)23)12-5-3-2-4-6-12/h2-11,21,24H,1H3,(H,20,22). The highest BCUT2D eigenvalue weighted by atomic mass is 16.5. The number of carbonyl (C=O) groups is 1. The second-order valence-electron chi connectivity index (χ2n) is 5.35. The van der Waals surface area contributed by atoms with Gasteiger partial charge in [0, 0.05) is 17.3 Å². The maximum Gasteiger partial charge on any atom is 0.351 e. The van der Waals surface area contributed by atoms with Gasteiger partial charge < -0.3 is 14.5 Å². The molecule has 7 heteroatoms. The van der Waals surface area contributed by atoms with Crippen LogP contribution in [-0.2, 0) is 0 Å². The molecule has 3 rings (SSSR count). The Hall–Kier alpha value is -3.58. The van der Waals surface area contributed by atoms with Crippen molar-refractivity contribution < 1.29 is 19.2 Å². The van der Waals surface area contributed by atoms with E-state index >= 15 is 0 Å². The van der Waals surface area contributed by atoms with E-state index in [1.165, 1.54) is 13.2 Å². The Labute approximate surface area is 148 Å². The molecule has 1 heterocycles. The molecular formula is C19H16N2O5. The first kappa shape index (κ1) is 17.2. The average molecular weight is 352 g/mol. The van der Waals surface area contributed by atoms with E-state index in [1.54, 1.807) is 48.5 Å². The fourth-order valence-corrected chi connectivity index (χ4v) is 2.41. The first-order valence-electron chi connectivity index (χ1n) is 7.71. The molecule has 2 aromatic carbocycles. The number of anilines is 2. The summed E-state index contributed by atoms with van der Waals surface area (Å²) in [6, 6.07) is 16.9. The maximum absolute atomic E-state index is 12.5. The largest absolute Gasteiger partial charge is 0.497 e. The van der Waals surface area contributed by atoms with Crippen molar-refractivity contribution in [3.05, 3.63) is 76.6 Å². The first-order chi connectivity index (χ1) is 12.6. The molecule has 1 aromatic heterocycles. The Bertz CT molecular complexity index is 965. The number of rotatable bonds is 5. The van der Waals surface area contributed by atoms with Crippen LogP contribution in [0.5, 0.6) is 5.75 Å². The topological polar surface area (TPSA) is 101 Å². The highest BCUT2D eigenvalue weighted by Crippen LogP contribution is 2.24. The molecule has 0 radical (unpaired) electrons. The van der Waals surface area contributed by atoms with E-state index in [9.17, 15) is 14.8 Å².